The Hall–Kier alpha value is -2.33. The summed E-state index contributed by atoms with van der Waals surface area (Å²) >= 11 is 6.09. The van der Waals surface area contributed by atoms with Gasteiger partial charge in [0.1, 0.15) is 0 Å². The van der Waals surface area contributed by atoms with Gasteiger partial charge in [-0.25, -0.2) is 0 Å². The van der Waals surface area contributed by atoms with Crippen molar-refractivity contribution in [1.82, 2.24) is 10.2 Å². The van der Waals surface area contributed by atoms with Crippen LogP contribution in [0.3, 0.4) is 0 Å². The molecule has 0 unspecified atom stereocenters. The molecule has 2 aromatic carbocycles. The molecule has 5 heteroatoms. The Morgan fingerprint density at radius 3 is 2.67 bits per heavy atom. The molecule has 21 heavy (non-hydrogen) atoms. The molecule has 0 spiro atoms. The topological polar surface area (TPSA) is 51.0 Å². The number of nitrogens with zero attached hydrogens (tertiary/aromatic N) is 2. The van der Waals surface area contributed by atoms with Crippen molar-refractivity contribution in [3.63, 3.8) is 0 Å². The highest BCUT2D eigenvalue weighted by atomic mass is 35.5. The lowest BCUT2D eigenvalue weighted by Crippen LogP contribution is -1.99. The van der Waals surface area contributed by atoms with Crippen molar-refractivity contribution in [3.05, 3.63) is 65.0 Å². The van der Waals surface area contributed by atoms with Crippen molar-refractivity contribution in [2.45, 2.75) is 13.5 Å². The van der Waals surface area contributed by atoms with Crippen LogP contribution in [0, 0.1) is 6.92 Å². The molecule has 0 fully saturated rings. The van der Waals surface area contributed by atoms with Crippen molar-refractivity contribution in [2.75, 3.05) is 5.32 Å². The second-order valence-corrected chi connectivity index (χ2v) is 5.09. The molecule has 1 aromatic heterocycles. The highest BCUT2D eigenvalue weighted by molar-refractivity contribution is 6.31. The average molecular weight is 300 g/mol. The fourth-order valence-electron chi connectivity index (χ4n) is 1.90. The number of halogens is 1. The Kier molecular flexibility index (Phi) is 3.88. The van der Waals surface area contributed by atoms with Crippen molar-refractivity contribution >= 4 is 17.3 Å². The quantitative estimate of drug-likeness (QED) is 0.780. The van der Waals surface area contributed by atoms with E-state index in [-0.39, 0.29) is 0 Å². The molecule has 1 heterocycles. The molecule has 0 amide bonds. The van der Waals surface area contributed by atoms with Crippen LogP contribution in [0.4, 0.5) is 5.69 Å². The molecule has 3 rings (SSSR count). The van der Waals surface area contributed by atoms with Crippen LogP contribution in [0.5, 0.6) is 0 Å². The minimum Gasteiger partial charge on any atom is -0.419 e. The largest absolute Gasteiger partial charge is 0.419 e. The number of aromatic nitrogens is 2. The molecule has 0 atom stereocenters. The van der Waals surface area contributed by atoms with Crippen LogP contribution in [0.2, 0.25) is 5.02 Å². The summed E-state index contributed by atoms with van der Waals surface area (Å²) in [6.07, 6.45) is 0. The number of rotatable bonds is 4. The zero-order valence-corrected chi connectivity index (χ0v) is 12.3. The lowest BCUT2D eigenvalue weighted by molar-refractivity contribution is 0.515. The molecule has 1 N–H and O–H groups in total. The highest BCUT2D eigenvalue weighted by Gasteiger charge is 2.08. The number of nitrogens with one attached hydrogen (secondary N) is 1. The summed E-state index contributed by atoms with van der Waals surface area (Å²) in [5.41, 5.74) is 2.88. The number of hydrogen-bond donors (Lipinski definition) is 1. The second-order valence-electron chi connectivity index (χ2n) is 4.68. The maximum Gasteiger partial charge on any atom is 0.247 e. The van der Waals surface area contributed by atoms with Crippen molar-refractivity contribution < 1.29 is 4.42 Å². The predicted molar refractivity (Wildman–Crippen MR) is 83.2 cm³/mol. The third-order valence-electron chi connectivity index (χ3n) is 3.10. The molecule has 3 aromatic rings. The Labute approximate surface area is 127 Å². The van der Waals surface area contributed by atoms with Gasteiger partial charge in [0.2, 0.25) is 11.8 Å². The highest BCUT2D eigenvalue weighted by Crippen LogP contribution is 2.21. The van der Waals surface area contributed by atoms with Gasteiger partial charge >= 0.3 is 0 Å². The summed E-state index contributed by atoms with van der Waals surface area (Å²) in [5, 5.41) is 12.0. The van der Waals surface area contributed by atoms with E-state index < -0.39 is 0 Å². The van der Waals surface area contributed by atoms with Gasteiger partial charge in [-0.15, -0.1) is 10.2 Å². The van der Waals surface area contributed by atoms with Gasteiger partial charge in [0, 0.05) is 16.3 Å². The van der Waals surface area contributed by atoms with Gasteiger partial charge in [-0.3, -0.25) is 0 Å². The van der Waals surface area contributed by atoms with E-state index >= 15 is 0 Å². The first kappa shape index (κ1) is 13.6. The molecule has 106 valence electrons. The van der Waals surface area contributed by atoms with Crippen LogP contribution >= 0.6 is 11.6 Å². The van der Waals surface area contributed by atoms with Crippen LogP contribution in [0.15, 0.2) is 52.9 Å². The van der Waals surface area contributed by atoms with E-state index in [1.54, 1.807) is 0 Å². The molecule has 0 saturated carbocycles. The van der Waals surface area contributed by atoms with Gasteiger partial charge < -0.3 is 9.73 Å². The van der Waals surface area contributed by atoms with Gasteiger partial charge in [0.25, 0.3) is 0 Å². The average Bonchev–Trinajstić information content (AvgIpc) is 2.98. The van der Waals surface area contributed by atoms with E-state index in [4.69, 9.17) is 16.0 Å². The predicted octanol–water partition coefficient (Wildman–Crippen LogP) is 4.31. The van der Waals surface area contributed by atoms with Crippen molar-refractivity contribution in [2.24, 2.45) is 0 Å². The molecule has 0 saturated heterocycles. The first-order valence-electron chi connectivity index (χ1n) is 6.60. The molecule has 0 aliphatic heterocycles. The van der Waals surface area contributed by atoms with Gasteiger partial charge in [0.15, 0.2) is 0 Å². The molecule has 0 aliphatic rings. The fraction of sp³-hybridized carbons (Fsp3) is 0.125. The van der Waals surface area contributed by atoms with Crippen LogP contribution in [-0.4, -0.2) is 10.2 Å². The van der Waals surface area contributed by atoms with Crippen molar-refractivity contribution in [1.29, 1.82) is 0 Å². The van der Waals surface area contributed by atoms with Crippen LogP contribution in [0.25, 0.3) is 11.5 Å². The smallest absolute Gasteiger partial charge is 0.247 e. The lowest BCUT2D eigenvalue weighted by atomic mass is 10.2. The third-order valence-corrected chi connectivity index (χ3v) is 3.51. The monoisotopic (exact) mass is 299 g/mol. The zero-order valence-electron chi connectivity index (χ0n) is 11.5. The maximum atomic E-state index is 6.09. The number of hydrogen-bond acceptors (Lipinski definition) is 4. The van der Waals surface area contributed by atoms with Gasteiger partial charge in [0.05, 0.1) is 6.54 Å². The first-order valence-corrected chi connectivity index (χ1v) is 6.98. The fourth-order valence-corrected chi connectivity index (χ4v) is 2.08. The minimum absolute atomic E-state index is 0.458. The van der Waals surface area contributed by atoms with Crippen molar-refractivity contribution in [3.8, 4) is 11.5 Å². The van der Waals surface area contributed by atoms with Gasteiger partial charge in [-0.05, 0) is 36.8 Å². The van der Waals surface area contributed by atoms with Crippen LogP contribution < -0.4 is 5.32 Å². The Morgan fingerprint density at radius 1 is 1.10 bits per heavy atom. The third kappa shape index (κ3) is 3.23. The van der Waals surface area contributed by atoms with E-state index in [0.29, 0.717) is 18.3 Å². The molecule has 0 aliphatic carbocycles. The summed E-state index contributed by atoms with van der Waals surface area (Å²) in [6, 6.07) is 15.5. The molecular weight excluding hydrogens is 286 g/mol. The number of benzene rings is 2. The lowest BCUT2D eigenvalue weighted by Gasteiger charge is -2.05. The molecule has 0 radical (unpaired) electrons. The van der Waals surface area contributed by atoms with E-state index in [1.165, 1.54) is 0 Å². The number of anilines is 1. The summed E-state index contributed by atoms with van der Waals surface area (Å²) in [4.78, 5) is 0. The SMILES string of the molecule is Cc1ccc(NCc2nnc(-c3ccccc3)o2)cc1Cl. The van der Waals surface area contributed by atoms with E-state index in [2.05, 4.69) is 15.5 Å². The van der Waals surface area contributed by atoms with Crippen LogP contribution in [0.1, 0.15) is 11.5 Å². The van der Waals surface area contributed by atoms with Gasteiger partial charge in [-0.2, -0.15) is 0 Å². The Morgan fingerprint density at radius 2 is 1.90 bits per heavy atom. The molecule has 4 nitrogen and oxygen atoms in total. The summed E-state index contributed by atoms with van der Waals surface area (Å²) < 4.78 is 5.63. The number of aryl methyl sites for hydroxylation is 1. The summed E-state index contributed by atoms with van der Waals surface area (Å²) in [5.74, 6) is 1.06. The minimum atomic E-state index is 0.458. The maximum absolute atomic E-state index is 6.09. The molecule has 0 bridgehead atoms. The normalized spacial score (nSPS) is 10.6. The standard InChI is InChI=1S/C16H14ClN3O/c1-11-7-8-13(9-14(11)17)18-10-15-19-20-16(21-15)12-5-3-2-4-6-12/h2-9,18H,10H2,1H3. The second kappa shape index (κ2) is 5.97. The summed E-state index contributed by atoms with van der Waals surface area (Å²) in [6.45, 7) is 2.43. The van der Waals surface area contributed by atoms with Crippen LogP contribution in [-0.2, 0) is 6.54 Å². The van der Waals surface area contributed by atoms with E-state index in [1.807, 2.05) is 55.5 Å². The zero-order chi connectivity index (χ0) is 14.7. The Balaban J connectivity index is 1.69. The Bertz CT molecular complexity index is 740. The van der Waals surface area contributed by atoms with E-state index in [9.17, 15) is 0 Å². The molecular formula is C16H14ClN3O. The van der Waals surface area contributed by atoms with E-state index in [0.717, 1.165) is 21.8 Å². The van der Waals surface area contributed by atoms with Gasteiger partial charge in [-0.1, -0.05) is 35.9 Å². The first-order chi connectivity index (χ1) is 10.2. The summed E-state index contributed by atoms with van der Waals surface area (Å²) in [7, 11) is 0.